The molecule has 0 aromatic heterocycles. The molecule has 4 fully saturated rings. The van der Waals surface area contributed by atoms with Crippen LogP contribution in [0.4, 0.5) is 0 Å². The van der Waals surface area contributed by atoms with Crippen molar-refractivity contribution in [1.82, 2.24) is 10.2 Å². The van der Waals surface area contributed by atoms with Gasteiger partial charge in [0.2, 0.25) is 0 Å². The van der Waals surface area contributed by atoms with Gasteiger partial charge in [-0.15, -0.1) is 0 Å². The van der Waals surface area contributed by atoms with Crippen LogP contribution in [0.3, 0.4) is 0 Å². The smallest absolute Gasteiger partial charge is 0.0104 e. The molecule has 4 rings (SSSR count). The van der Waals surface area contributed by atoms with Gasteiger partial charge in [-0.25, -0.2) is 0 Å². The van der Waals surface area contributed by atoms with Crippen LogP contribution < -0.4 is 5.32 Å². The monoisotopic (exact) mass is 234 g/mol. The molecule has 4 atom stereocenters. The molecule has 4 saturated carbocycles. The van der Waals surface area contributed by atoms with E-state index in [0.717, 1.165) is 35.6 Å². The van der Waals surface area contributed by atoms with Crippen molar-refractivity contribution < 1.29 is 0 Å². The van der Waals surface area contributed by atoms with Crippen LogP contribution in [-0.2, 0) is 0 Å². The summed E-state index contributed by atoms with van der Waals surface area (Å²) < 4.78 is 0. The van der Waals surface area contributed by atoms with Crippen LogP contribution in [-0.4, -0.2) is 37.6 Å². The maximum absolute atomic E-state index is 3.62. The van der Waals surface area contributed by atoms with Gasteiger partial charge in [0.15, 0.2) is 0 Å². The summed E-state index contributed by atoms with van der Waals surface area (Å²) >= 11 is 0. The number of nitrogens with one attached hydrogen (secondary N) is 1. The van der Waals surface area contributed by atoms with E-state index in [9.17, 15) is 0 Å². The highest BCUT2D eigenvalue weighted by Crippen LogP contribution is 2.69. The third kappa shape index (κ3) is 1.94. The average Bonchev–Trinajstić information content (AvgIpc) is 3.19. The normalized spacial score (nSPS) is 46.6. The van der Waals surface area contributed by atoms with Crippen molar-refractivity contribution in [1.29, 1.82) is 0 Å². The minimum atomic E-state index is 0.875. The minimum Gasteiger partial charge on any atom is -0.313 e. The van der Waals surface area contributed by atoms with Crippen molar-refractivity contribution in [3.8, 4) is 0 Å². The van der Waals surface area contributed by atoms with Gasteiger partial charge in [-0.3, -0.25) is 0 Å². The van der Waals surface area contributed by atoms with Crippen molar-refractivity contribution >= 4 is 0 Å². The van der Waals surface area contributed by atoms with Gasteiger partial charge in [-0.05, 0) is 68.7 Å². The third-order valence-electron chi connectivity index (χ3n) is 5.92. The van der Waals surface area contributed by atoms with E-state index < -0.39 is 0 Å². The Morgan fingerprint density at radius 1 is 1.06 bits per heavy atom. The van der Waals surface area contributed by atoms with Crippen LogP contribution in [0.25, 0.3) is 0 Å². The molecule has 0 aliphatic heterocycles. The highest BCUT2D eigenvalue weighted by atomic mass is 15.1. The summed E-state index contributed by atoms with van der Waals surface area (Å²) in [5.74, 6) is 5.70. The Hall–Kier alpha value is -0.0800. The molecular formula is C15H26N2. The summed E-state index contributed by atoms with van der Waals surface area (Å²) in [4.78, 5) is 2.58. The van der Waals surface area contributed by atoms with Crippen LogP contribution in [0.5, 0.6) is 0 Å². The van der Waals surface area contributed by atoms with E-state index in [4.69, 9.17) is 0 Å². The fourth-order valence-electron chi connectivity index (χ4n) is 4.95. The molecule has 4 unspecified atom stereocenters. The summed E-state index contributed by atoms with van der Waals surface area (Å²) in [6, 6.07) is 0.875. The van der Waals surface area contributed by atoms with E-state index in [2.05, 4.69) is 17.3 Å². The number of nitrogens with zero attached hydrogens (tertiary/aromatic N) is 1. The quantitative estimate of drug-likeness (QED) is 0.756. The lowest BCUT2D eigenvalue weighted by molar-refractivity contribution is 0.287. The summed E-state index contributed by atoms with van der Waals surface area (Å²) in [5, 5.41) is 3.62. The second-order valence-corrected chi connectivity index (χ2v) is 7.14. The molecule has 0 radical (unpaired) electrons. The van der Waals surface area contributed by atoms with Crippen molar-refractivity contribution in [3.05, 3.63) is 0 Å². The van der Waals surface area contributed by atoms with E-state index in [1.807, 2.05) is 0 Å². The molecule has 4 aliphatic rings. The minimum absolute atomic E-state index is 0.875. The first kappa shape index (κ1) is 10.8. The summed E-state index contributed by atoms with van der Waals surface area (Å²) in [5.41, 5.74) is 0. The lowest BCUT2D eigenvalue weighted by Crippen LogP contribution is -2.32. The molecule has 0 heterocycles. The second-order valence-electron chi connectivity index (χ2n) is 7.14. The van der Waals surface area contributed by atoms with Crippen molar-refractivity contribution in [3.63, 3.8) is 0 Å². The molecule has 0 aromatic carbocycles. The van der Waals surface area contributed by atoms with Crippen LogP contribution in [0.1, 0.15) is 32.1 Å². The molecule has 2 bridgehead atoms. The van der Waals surface area contributed by atoms with E-state index >= 15 is 0 Å². The number of likely N-dealkylation sites (N-methyl/N-ethyl adjacent to an activating group) is 1. The van der Waals surface area contributed by atoms with Crippen LogP contribution in [0, 0.1) is 29.6 Å². The van der Waals surface area contributed by atoms with Gasteiger partial charge < -0.3 is 10.2 Å². The maximum Gasteiger partial charge on any atom is 0.0104 e. The van der Waals surface area contributed by atoms with Crippen LogP contribution >= 0.6 is 0 Å². The van der Waals surface area contributed by atoms with Gasteiger partial charge in [-0.2, -0.15) is 0 Å². The number of hydrogen-bond donors (Lipinski definition) is 1. The molecule has 2 heteroatoms. The second kappa shape index (κ2) is 3.96. The molecule has 1 N–H and O–H groups in total. The fraction of sp³-hybridized carbons (Fsp3) is 1.00. The topological polar surface area (TPSA) is 15.3 Å². The molecular weight excluding hydrogens is 208 g/mol. The molecule has 0 saturated heterocycles. The van der Waals surface area contributed by atoms with Gasteiger partial charge in [0.25, 0.3) is 0 Å². The first-order valence-corrected chi connectivity index (χ1v) is 7.75. The summed E-state index contributed by atoms with van der Waals surface area (Å²) in [7, 11) is 2.32. The Bertz CT molecular complexity index is 283. The number of fused-ring (bicyclic) bond motifs is 5. The van der Waals surface area contributed by atoms with E-state index in [-0.39, 0.29) is 0 Å². The maximum atomic E-state index is 3.62. The Morgan fingerprint density at radius 3 is 2.41 bits per heavy atom. The van der Waals surface area contributed by atoms with Gasteiger partial charge >= 0.3 is 0 Å². The molecule has 96 valence electrons. The Morgan fingerprint density at radius 2 is 1.76 bits per heavy atom. The SMILES string of the molecule is CN(CCNC1CC1)CC1C2C3CCC(C3)C12. The summed E-state index contributed by atoms with van der Waals surface area (Å²) in [6.07, 6.45) is 7.56. The Kier molecular flexibility index (Phi) is 2.52. The molecule has 4 aliphatic carbocycles. The number of hydrogen-bond acceptors (Lipinski definition) is 2. The summed E-state index contributed by atoms with van der Waals surface area (Å²) in [6.45, 7) is 3.84. The van der Waals surface area contributed by atoms with Gasteiger partial charge in [-0.1, -0.05) is 0 Å². The fourth-order valence-corrected chi connectivity index (χ4v) is 4.95. The predicted molar refractivity (Wildman–Crippen MR) is 69.8 cm³/mol. The van der Waals surface area contributed by atoms with Gasteiger partial charge in [0, 0.05) is 25.7 Å². The van der Waals surface area contributed by atoms with Crippen molar-refractivity contribution in [2.24, 2.45) is 29.6 Å². The van der Waals surface area contributed by atoms with E-state index in [1.165, 1.54) is 32.5 Å². The highest BCUT2D eigenvalue weighted by molar-refractivity contribution is 5.13. The van der Waals surface area contributed by atoms with Crippen molar-refractivity contribution in [2.45, 2.75) is 38.1 Å². The first-order valence-electron chi connectivity index (χ1n) is 7.75. The van der Waals surface area contributed by atoms with Crippen molar-refractivity contribution in [2.75, 3.05) is 26.7 Å². The molecule has 0 spiro atoms. The molecule has 0 amide bonds. The highest BCUT2D eigenvalue weighted by Gasteiger charge is 2.64. The molecule has 2 nitrogen and oxygen atoms in total. The third-order valence-corrected chi connectivity index (χ3v) is 5.92. The van der Waals surface area contributed by atoms with E-state index in [1.54, 1.807) is 19.3 Å². The number of rotatable bonds is 6. The predicted octanol–water partition coefficient (Wildman–Crippen LogP) is 1.96. The zero-order valence-corrected chi connectivity index (χ0v) is 11.1. The van der Waals surface area contributed by atoms with E-state index in [0.29, 0.717) is 0 Å². The largest absolute Gasteiger partial charge is 0.313 e. The Labute approximate surface area is 105 Å². The van der Waals surface area contributed by atoms with Crippen LogP contribution in [0.2, 0.25) is 0 Å². The standard InChI is InChI=1S/C15H26N2/c1-17(7-6-16-12-4-5-12)9-13-14-10-2-3-11(8-10)15(13)14/h10-16H,2-9H2,1H3. The Balaban J connectivity index is 1.20. The zero-order valence-electron chi connectivity index (χ0n) is 11.1. The molecule has 17 heavy (non-hydrogen) atoms. The van der Waals surface area contributed by atoms with Gasteiger partial charge in [0.1, 0.15) is 0 Å². The average molecular weight is 234 g/mol. The first-order chi connectivity index (χ1) is 8.33. The molecule has 0 aromatic rings. The lowest BCUT2D eigenvalue weighted by atomic mass is 10.0. The van der Waals surface area contributed by atoms with Gasteiger partial charge in [0.05, 0.1) is 0 Å². The lowest BCUT2D eigenvalue weighted by Gasteiger charge is -2.19. The van der Waals surface area contributed by atoms with Crippen LogP contribution in [0.15, 0.2) is 0 Å². The zero-order chi connectivity index (χ0) is 11.4.